The van der Waals surface area contributed by atoms with Crippen molar-refractivity contribution < 1.29 is 9.50 Å². The number of rotatable bonds is 3. The minimum atomic E-state index is -0.362. The van der Waals surface area contributed by atoms with Crippen LogP contribution in [0.5, 0.6) is 5.75 Å². The largest absolute Gasteiger partial charge is 0.507 e. The monoisotopic (exact) mass is 291 g/mol. The fraction of sp³-hybridized carbons (Fsp3) is 0. The van der Waals surface area contributed by atoms with E-state index in [2.05, 4.69) is 4.99 Å². The van der Waals surface area contributed by atoms with Crippen molar-refractivity contribution >= 4 is 11.9 Å². The Labute approximate surface area is 128 Å². The van der Waals surface area contributed by atoms with Crippen molar-refractivity contribution in [2.24, 2.45) is 4.99 Å². The van der Waals surface area contributed by atoms with Crippen molar-refractivity contribution in [1.29, 1.82) is 0 Å². The van der Waals surface area contributed by atoms with Gasteiger partial charge in [0, 0.05) is 17.3 Å². The number of para-hydroxylation sites is 2. The highest BCUT2D eigenvalue weighted by Gasteiger charge is 2.07. The Bertz CT molecular complexity index is 827. The van der Waals surface area contributed by atoms with Gasteiger partial charge in [-0.1, -0.05) is 54.6 Å². The molecule has 0 aromatic heterocycles. The van der Waals surface area contributed by atoms with Gasteiger partial charge in [-0.05, 0) is 23.8 Å². The summed E-state index contributed by atoms with van der Waals surface area (Å²) < 4.78 is 13.6. The summed E-state index contributed by atoms with van der Waals surface area (Å²) in [5.41, 5.74) is 2.67. The van der Waals surface area contributed by atoms with E-state index in [1.165, 1.54) is 6.07 Å². The Hall–Kier alpha value is -2.94. The van der Waals surface area contributed by atoms with E-state index in [1.54, 1.807) is 36.5 Å². The van der Waals surface area contributed by atoms with Gasteiger partial charge in [-0.25, -0.2) is 4.39 Å². The van der Waals surface area contributed by atoms with Gasteiger partial charge < -0.3 is 5.11 Å². The van der Waals surface area contributed by atoms with Crippen LogP contribution in [0, 0.1) is 5.82 Å². The zero-order chi connectivity index (χ0) is 15.4. The Morgan fingerprint density at radius 1 is 0.773 bits per heavy atom. The third-order valence-corrected chi connectivity index (χ3v) is 3.35. The van der Waals surface area contributed by atoms with E-state index < -0.39 is 0 Å². The number of aromatic hydroxyl groups is 1. The van der Waals surface area contributed by atoms with Crippen LogP contribution in [-0.2, 0) is 0 Å². The van der Waals surface area contributed by atoms with Crippen LogP contribution in [0.1, 0.15) is 5.56 Å². The topological polar surface area (TPSA) is 32.6 Å². The first-order valence-electron chi connectivity index (χ1n) is 6.92. The second kappa shape index (κ2) is 6.22. The molecule has 0 spiro atoms. The predicted molar refractivity (Wildman–Crippen MR) is 87.2 cm³/mol. The molecule has 3 aromatic carbocycles. The molecule has 0 aliphatic carbocycles. The molecule has 2 nitrogen and oxygen atoms in total. The lowest BCUT2D eigenvalue weighted by Gasteiger charge is -2.07. The van der Waals surface area contributed by atoms with Crippen LogP contribution in [-0.4, -0.2) is 11.3 Å². The molecule has 0 fully saturated rings. The third-order valence-electron chi connectivity index (χ3n) is 3.35. The molecule has 22 heavy (non-hydrogen) atoms. The summed E-state index contributed by atoms with van der Waals surface area (Å²) in [7, 11) is 0. The smallest absolute Gasteiger partial charge is 0.148 e. The van der Waals surface area contributed by atoms with E-state index in [1.807, 2.05) is 36.4 Å². The number of aliphatic imine (C=N–C) groups is 1. The van der Waals surface area contributed by atoms with E-state index in [4.69, 9.17) is 0 Å². The summed E-state index contributed by atoms with van der Waals surface area (Å²) >= 11 is 0. The van der Waals surface area contributed by atoms with Crippen LogP contribution in [0.2, 0.25) is 0 Å². The molecule has 0 amide bonds. The summed E-state index contributed by atoms with van der Waals surface area (Å²) in [6.45, 7) is 0. The molecule has 3 heteroatoms. The molecular formula is C19H14FNO. The molecule has 0 saturated heterocycles. The van der Waals surface area contributed by atoms with Crippen LogP contribution in [0.4, 0.5) is 10.1 Å². The molecule has 0 aliphatic heterocycles. The molecule has 0 aliphatic rings. The second-order valence-corrected chi connectivity index (χ2v) is 4.81. The Morgan fingerprint density at radius 3 is 2.18 bits per heavy atom. The number of phenols is 1. The number of hydrogen-bond acceptors (Lipinski definition) is 2. The average molecular weight is 291 g/mol. The average Bonchev–Trinajstić information content (AvgIpc) is 2.55. The quantitative estimate of drug-likeness (QED) is 0.680. The third kappa shape index (κ3) is 2.88. The maximum Gasteiger partial charge on any atom is 0.148 e. The second-order valence-electron chi connectivity index (χ2n) is 4.81. The molecule has 3 rings (SSSR count). The first kappa shape index (κ1) is 14.0. The Balaban J connectivity index is 2.03. The Kier molecular flexibility index (Phi) is 3.97. The van der Waals surface area contributed by atoms with E-state index in [0.717, 1.165) is 16.7 Å². The summed E-state index contributed by atoms with van der Waals surface area (Å²) in [6, 6.07) is 21.0. The molecule has 0 atom stereocenters. The normalized spacial score (nSPS) is 11.0. The lowest BCUT2D eigenvalue weighted by Crippen LogP contribution is -1.88. The molecule has 0 heterocycles. The van der Waals surface area contributed by atoms with Crippen molar-refractivity contribution in [3.05, 3.63) is 84.2 Å². The molecule has 3 aromatic rings. The molecule has 108 valence electrons. The van der Waals surface area contributed by atoms with Crippen molar-refractivity contribution in [2.75, 3.05) is 0 Å². The summed E-state index contributed by atoms with van der Waals surface area (Å²) in [5.74, 6) is -0.159. The number of benzene rings is 3. The number of halogens is 1. The van der Waals surface area contributed by atoms with E-state index in [0.29, 0.717) is 0 Å². The molecule has 0 radical (unpaired) electrons. The van der Waals surface area contributed by atoms with Gasteiger partial charge in [0.15, 0.2) is 0 Å². The van der Waals surface area contributed by atoms with E-state index in [-0.39, 0.29) is 17.3 Å². The molecule has 1 N–H and O–H groups in total. The highest BCUT2D eigenvalue weighted by molar-refractivity contribution is 5.92. The van der Waals surface area contributed by atoms with Crippen molar-refractivity contribution in [2.45, 2.75) is 0 Å². The van der Waals surface area contributed by atoms with E-state index in [9.17, 15) is 9.50 Å². The maximum absolute atomic E-state index is 13.6. The van der Waals surface area contributed by atoms with Gasteiger partial charge in [-0.15, -0.1) is 0 Å². The van der Waals surface area contributed by atoms with Gasteiger partial charge in [0.05, 0.1) is 5.69 Å². The first-order valence-corrected chi connectivity index (χ1v) is 6.92. The van der Waals surface area contributed by atoms with Crippen molar-refractivity contribution in [3.63, 3.8) is 0 Å². The van der Waals surface area contributed by atoms with Gasteiger partial charge >= 0.3 is 0 Å². The number of nitrogens with zero attached hydrogens (tertiary/aromatic N) is 1. The molecule has 0 saturated carbocycles. The number of phenolic OH excluding ortho intramolecular Hbond substituents is 1. The van der Waals surface area contributed by atoms with Gasteiger partial charge in [0.25, 0.3) is 0 Å². The first-order chi connectivity index (χ1) is 10.8. The van der Waals surface area contributed by atoms with Crippen LogP contribution >= 0.6 is 0 Å². The van der Waals surface area contributed by atoms with Gasteiger partial charge in [-0.2, -0.15) is 0 Å². The lowest BCUT2D eigenvalue weighted by atomic mass is 9.99. The van der Waals surface area contributed by atoms with Crippen LogP contribution in [0.3, 0.4) is 0 Å². The lowest BCUT2D eigenvalue weighted by molar-refractivity contribution is 0.477. The summed E-state index contributed by atoms with van der Waals surface area (Å²) in [5, 5.41) is 10.0. The molecular weight excluding hydrogens is 277 g/mol. The van der Waals surface area contributed by atoms with Crippen LogP contribution in [0.25, 0.3) is 11.1 Å². The maximum atomic E-state index is 13.6. The van der Waals surface area contributed by atoms with E-state index >= 15 is 0 Å². The van der Waals surface area contributed by atoms with Crippen LogP contribution in [0.15, 0.2) is 77.8 Å². The zero-order valence-corrected chi connectivity index (χ0v) is 11.8. The molecule has 0 bridgehead atoms. The highest BCUT2D eigenvalue weighted by atomic mass is 19.1. The fourth-order valence-corrected chi connectivity index (χ4v) is 2.25. The van der Waals surface area contributed by atoms with Crippen molar-refractivity contribution in [1.82, 2.24) is 0 Å². The number of hydrogen-bond donors (Lipinski definition) is 1. The van der Waals surface area contributed by atoms with Gasteiger partial charge in [0.1, 0.15) is 11.6 Å². The van der Waals surface area contributed by atoms with Crippen LogP contribution < -0.4 is 0 Å². The zero-order valence-electron chi connectivity index (χ0n) is 11.8. The minimum absolute atomic E-state index is 0.203. The van der Waals surface area contributed by atoms with Gasteiger partial charge in [-0.3, -0.25) is 4.99 Å². The SMILES string of the molecule is Oc1ccccc1-c1ccccc1C=Nc1ccccc1F. The van der Waals surface area contributed by atoms with Crippen molar-refractivity contribution in [3.8, 4) is 16.9 Å². The fourth-order valence-electron chi connectivity index (χ4n) is 2.25. The predicted octanol–water partition coefficient (Wildman–Crippen LogP) is 4.95. The van der Waals surface area contributed by atoms with Gasteiger partial charge in [0.2, 0.25) is 0 Å². The standard InChI is InChI=1S/C19H14FNO/c20-17-10-4-5-11-18(17)21-13-14-7-1-2-8-15(14)16-9-3-6-12-19(16)22/h1-13,22H. The summed E-state index contributed by atoms with van der Waals surface area (Å²) in [4.78, 5) is 4.21. The summed E-state index contributed by atoms with van der Waals surface area (Å²) in [6.07, 6.45) is 1.61. The highest BCUT2D eigenvalue weighted by Crippen LogP contribution is 2.30. The Morgan fingerprint density at radius 2 is 1.41 bits per heavy atom. The minimum Gasteiger partial charge on any atom is -0.507 e. The molecule has 0 unspecified atom stereocenters.